The lowest BCUT2D eigenvalue weighted by Gasteiger charge is -2.34. The van der Waals surface area contributed by atoms with Crippen LogP contribution in [0.2, 0.25) is 0 Å². The van der Waals surface area contributed by atoms with Crippen LogP contribution in [0.4, 0.5) is 16.0 Å². The number of benzene rings is 1. The van der Waals surface area contributed by atoms with Crippen molar-refractivity contribution in [2.75, 3.05) is 18.4 Å². The summed E-state index contributed by atoms with van der Waals surface area (Å²) >= 11 is 3.18. The highest BCUT2D eigenvalue weighted by atomic mass is 79.9. The van der Waals surface area contributed by atoms with Crippen molar-refractivity contribution < 1.29 is 14.0 Å². The lowest BCUT2D eigenvalue weighted by Crippen LogP contribution is -2.47. The first-order valence-electron chi connectivity index (χ1n) is 8.21. The van der Waals surface area contributed by atoms with E-state index >= 15 is 0 Å². The number of amides is 2. The number of fused-ring (bicyclic) bond motifs is 2. The highest BCUT2D eigenvalue weighted by molar-refractivity contribution is 9.10. The van der Waals surface area contributed by atoms with Crippen LogP contribution in [0, 0.1) is 12.4 Å². The zero-order valence-electron chi connectivity index (χ0n) is 14.0. The van der Waals surface area contributed by atoms with Gasteiger partial charge >= 0.3 is 0 Å². The number of halogens is 2. The maximum Gasteiger partial charge on any atom is 0.254 e. The number of nitrogens with one attached hydrogen (secondary N) is 1. The van der Waals surface area contributed by atoms with Crippen molar-refractivity contribution in [1.82, 2.24) is 14.9 Å². The Morgan fingerprint density at radius 1 is 1.37 bits per heavy atom. The highest BCUT2D eigenvalue weighted by Gasteiger charge is 2.53. The molecular formula is C18H13BrFN5O2. The van der Waals surface area contributed by atoms with Gasteiger partial charge < -0.3 is 4.90 Å². The minimum Gasteiger partial charge on any atom is -0.328 e. The molecule has 0 radical (unpaired) electrons. The minimum atomic E-state index is -0.448. The summed E-state index contributed by atoms with van der Waals surface area (Å²) in [6.45, 7) is 6.99. The van der Waals surface area contributed by atoms with E-state index in [1.807, 2.05) is 0 Å². The van der Waals surface area contributed by atoms with Gasteiger partial charge in [0.15, 0.2) is 0 Å². The van der Waals surface area contributed by atoms with E-state index in [4.69, 9.17) is 6.57 Å². The van der Waals surface area contributed by atoms with Crippen LogP contribution >= 0.6 is 15.9 Å². The second-order valence-corrected chi connectivity index (χ2v) is 7.50. The summed E-state index contributed by atoms with van der Waals surface area (Å²) < 4.78 is 14.9. The molecule has 1 spiro atoms. The molecule has 1 N–H and O–H groups in total. The number of rotatable bonds is 3. The Bertz CT molecular complexity index is 998. The van der Waals surface area contributed by atoms with Gasteiger partial charge in [-0.05, 0) is 40.9 Å². The third-order valence-electron chi connectivity index (χ3n) is 4.84. The summed E-state index contributed by atoms with van der Waals surface area (Å²) in [5.74, 6) is -1.15. The molecule has 1 aliphatic carbocycles. The Morgan fingerprint density at radius 3 is 2.70 bits per heavy atom. The molecule has 2 aliphatic rings. The number of carbonyl (C=O) groups excluding carboxylic acids is 2. The summed E-state index contributed by atoms with van der Waals surface area (Å²) in [6, 6.07) is 3.11. The Balaban J connectivity index is 1.53. The number of hydrogen-bond acceptors (Lipinski definition) is 4. The van der Waals surface area contributed by atoms with E-state index < -0.39 is 17.1 Å². The van der Waals surface area contributed by atoms with Crippen LogP contribution in [-0.4, -0.2) is 39.8 Å². The molecule has 1 aromatic carbocycles. The summed E-state index contributed by atoms with van der Waals surface area (Å²) in [5.41, 5.74) is 0.617. The average Bonchev–Trinajstić information content (AvgIpc) is 3.42. The summed E-state index contributed by atoms with van der Waals surface area (Å²) in [6.07, 6.45) is 4.16. The molecule has 27 heavy (non-hydrogen) atoms. The minimum absolute atomic E-state index is 0.0633. The van der Waals surface area contributed by atoms with Gasteiger partial charge in [-0.15, -0.1) is 0 Å². The van der Waals surface area contributed by atoms with Crippen molar-refractivity contribution in [3.05, 3.63) is 57.4 Å². The number of hydrogen-bond donors (Lipinski definition) is 1. The van der Waals surface area contributed by atoms with Crippen LogP contribution in [0.25, 0.3) is 4.85 Å². The Morgan fingerprint density at radius 2 is 2.07 bits per heavy atom. The van der Waals surface area contributed by atoms with Crippen molar-refractivity contribution in [2.45, 2.75) is 18.3 Å². The topological polar surface area (TPSA) is 79.5 Å². The van der Waals surface area contributed by atoms with Gasteiger partial charge in [-0.2, -0.15) is 0 Å². The van der Waals surface area contributed by atoms with E-state index in [-0.39, 0.29) is 24.1 Å². The molecule has 1 aliphatic heterocycles. The normalized spacial score (nSPS) is 16.6. The number of nitrogens with zero attached hydrogens (tertiary/aromatic N) is 4. The van der Waals surface area contributed by atoms with Crippen LogP contribution < -0.4 is 5.32 Å². The molecule has 7 nitrogen and oxygen atoms in total. The summed E-state index contributed by atoms with van der Waals surface area (Å²) in [4.78, 5) is 37.5. The maximum atomic E-state index is 14.6. The molecule has 1 saturated carbocycles. The van der Waals surface area contributed by atoms with Gasteiger partial charge in [-0.1, -0.05) is 0 Å². The average molecular weight is 430 g/mol. The molecule has 9 heteroatoms. The molecule has 0 bridgehead atoms. The highest BCUT2D eigenvalue weighted by Crippen LogP contribution is 2.53. The fourth-order valence-electron chi connectivity index (χ4n) is 3.40. The van der Waals surface area contributed by atoms with Crippen LogP contribution in [0.5, 0.6) is 0 Å². The lowest BCUT2D eigenvalue weighted by atomic mass is 9.86. The molecule has 1 fully saturated rings. The van der Waals surface area contributed by atoms with E-state index in [1.165, 1.54) is 23.4 Å². The quantitative estimate of drug-likeness (QED) is 0.760. The molecule has 136 valence electrons. The van der Waals surface area contributed by atoms with Gasteiger partial charge in [0, 0.05) is 35.5 Å². The smallest absolute Gasteiger partial charge is 0.254 e. The first-order valence-corrected chi connectivity index (χ1v) is 9.00. The Kier molecular flexibility index (Phi) is 4.15. The molecule has 0 saturated heterocycles. The molecule has 1 aromatic heterocycles. The molecule has 2 aromatic rings. The van der Waals surface area contributed by atoms with Crippen molar-refractivity contribution >= 4 is 39.4 Å². The summed E-state index contributed by atoms with van der Waals surface area (Å²) in [7, 11) is 0. The molecular weight excluding hydrogens is 417 g/mol. The monoisotopic (exact) mass is 429 g/mol. The van der Waals surface area contributed by atoms with Crippen molar-refractivity contribution in [3.8, 4) is 0 Å². The standard InChI is InChI=1S/C18H13BrFN5O2/c1-21-10-6-22-17(23-7-10)24-13(26)8-25-9-18(4-5-18)14-11(16(25)27)2-3-12(19)15(14)20/h2-3,6-7H,4-5,8-9H2,(H,22,23,24,26). The SMILES string of the molecule is [C-]#[N+]c1cnc(NC(=O)CN2CC3(CC3)c3c(ccc(Br)c3F)C2=O)nc1. The van der Waals surface area contributed by atoms with Gasteiger partial charge in [0.2, 0.25) is 17.5 Å². The first-order chi connectivity index (χ1) is 12.9. The fraction of sp³-hybridized carbons (Fsp3) is 0.278. The number of anilines is 1. The van der Waals surface area contributed by atoms with Crippen molar-refractivity contribution in [1.29, 1.82) is 0 Å². The molecule has 4 rings (SSSR count). The van der Waals surface area contributed by atoms with Crippen LogP contribution in [0.3, 0.4) is 0 Å². The second-order valence-electron chi connectivity index (χ2n) is 6.65. The third-order valence-corrected chi connectivity index (χ3v) is 5.46. The van der Waals surface area contributed by atoms with Gasteiger partial charge in [0.05, 0.1) is 11.0 Å². The lowest BCUT2D eigenvalue weighted by molar-refractivity contribution is -0.117. The van der Waals surface area contributed by atoms with Crippen LogP contribution in [0.1, 0.15) is 28.8 Å². The van der Waals surface area contributed by atoms with E-state index in [0.717, 1.165) is 12.8 Å². The Hall–Kier alpha value is -2.86. The van der Waals surface area contributed by atoms with E-state index in [2.05, 4.69) is 36.1 Å². The molecule has 2 heterocycles. The molecule has 2 amide bonds. The maximum absolute atomic E-state index is 14.6. The van der Waals surface area contributed by atoms with E-state index in [9.17, 15) is 14.0 Å². The van der Waals surface area contributed by atoms with Crippen LogP contribution in [-0.2, 0) is 10.2 Å². The predicted octanol–water partition coefficient (Wildman–Crippen LogP) is 3.06. The van der Waals surface area contributed by atoms with Gasteiger partial charge in [-0.3, -0.25) is 14.9 Å². The molecule has 0 unspecified atom stereocenters. The Labute approximate surface area is 162 Å². The predicted molar refractivity (Wildman–Crippen MR) is 97.8 cm³/mol. The zero-order valence-corrected chi connectivity index (χ0v) is 15.6. The molecule has 0 atom stereocenters. The van der Waals surface area contributed by atoms with E-state index in [1.54, 1.807) is 6.07 Å². The first kappa shape index (κ1) is 17.5. The van der Waals surface area contributed by atoms with Gasteiger partial charge in [-0.25, -0.2) is 19.2 Å². The van der Waals surface area contributed by atoms with Crippen LogP contribution in [0.15, 0.2) is 29.0 Å². The van der Waals surface area contributed by atoms with Gasteiger partial charge in [0.1, 0.15) is 12.4 Å². The number of aromatic nitrogens is 2. The van der Waals surface area contributed by atoms with Gasteiger partial charge in [0.25, 0.3) is 5.91 Å². The van der Waals surface area contributed by atoms with Crippen molar-refractivity contribution in [2.24, 2.45) is 0 Å². The number of carbonyl (C=O) groups is 2. The second kappa shape index (κ2) is 6.39. The van der Waals surface area contributed by atoms with E-state index in [0.29, 0.717) is 22.1 Å². The van der Waals surface area contributed by atoms with Crippen molar-refractivity contribution in [3.63, 3.8) is 0 Å². The fourth-order valence-corrected chi connectivity index (χ4v) is 3.73. The zero-order chi connectivity index (χ0) is 19.2. The largest absolute Gasteiger partial charge is 0.328 e. The third kappa shape index (κ3) is 3.06. The summed E-state index contributed by atoms with van der Waals surface area (Å²) in [5, 5.41) is 2.51.